The lowest BCUT2D eigenvalue weighted by Crippen LogP contribution is -2.49. The first-order valence-corrected chi connectivity index (χ1v) is 7.79. The van der Waals surface area contributed by atoms with Gasteiger partial charge in [-0.05, 0) is 18.1 Å². The SMILES string of the molecule is NS(=O)(=O)[C@@H]1Cc2ccccc2N(C[C@@H](O)C(F)(F)F)C1. The van der Waals surface area contributed by atoms with Gasteiger partial charge in [-0.2, -0.15) is 13.2 Å². The molecule has 1 heterocycles. The van der Waals surface area contributed by atoms with E-state index in [0.29, 0.717) is 11.3 Å². The summed E-state index contributed by atoms with van der Waals surface area (Å²) in [7, 11) is -3.88. The molecule has 118 valence electrons. The van der Waals surface area contributed by atoms with Crippen molar-refractivity contribution in [3.8, 4) is 0 Å². The van der Waals surface area contributed by atoms with Gasteiger partial charge in [0.1, 0.15) is 0 Å². The highest BCUT2D eigenvalue weighted by Gasteiger charge is 2.41. The van der Waals surface area contributed by atoms with Crippen molar-refractivity contribution in [2.24, 2.45) is 5.14 Å². The number of nitrogens with two attached hydrogens (primary N) is 1. The van der Waals surface area contributed by atoms with E-state index in [9.17, 15) is 26.7 Å². The fourth-order valence-electron chi connectivity index (χ4n) is 2.35. The van der Waals surface area contributed by atoms with E-state index >= 15 is 0 Å². The zero-order valence-corrected chi connectivity index (χ0v) is 11.7. The summed E-state index contributed by atoms with van der Waals surface area (Å²) >= 11 is 0. The Labute approximate surface area is 120 Å². The van der Waals surface area contributed by atoms with Gasteiger partial charge in [-0.3, -0.25) is 0 Å². The second-order valence-corrected chi connectivity index (χ2v) is 6.85. The summed E-state index contributed by atoms with van der Waals surface area (Å²) in [5.74, 6) is 0. The van der Waals surface area contributed by atoms with Crippen molar-refractivity contribution in [1.29, 1.82) is 0 Å². The molecule has 1 aliphatic rings. The van der Waals surface area contributed by atoms with Gasteiger partial charge in [0.15, 0.2) is 6.10 Å². The van der Waals surface area contributed by atoms with Crippen LogP contribution in [0.25, 0.3) is 0 Å². The van der Waals surface area contributed by atoms with Crippen molar-refractivity contribution in [2.45, 2.75) is 24.0 Å². The number of fused-ring (bicyclic) bond motifs is 1. The number of β-amino-alcohol motifs (C(OH)–C–C–N with tert-alkyl or cyclic N) is 1. The number of aliphatic hydroxyl groups is 1. The highest BCUT2D eigenvalue weighted by Crippen LogP contribution is 2.30. The molecule has 0 bridgehead atoms. The zero-order valence-electron chi connectivity index (χ0n) is 10.9. The summed E-state index contributed by atoms with van der Waals surface area (Å²) in [6, 6.07) is 6.54. The quantitative estimate of drug-likeness (QED) is 0.854. The Bertz CT molecular complexity index is 618. The number of primary sulfonamides is 1. The van der Waals surface area contributed by atoms with Crippen LogP contribution in [-0.4, -0.2) is 44.1 Å². The third-order valence-corrected chi connectivity index (χ3v) is 4.68. The van der Waals surface area contributed by atoms with Gasteiger partial charge in [0.05, 0.1) is 11.8 Å². The van der Waals surface area contributed by atoms with Crippen LogP contribution >= 0.6 is 0 Å². The van der Waals surface area contributed by atoms with Gasteiger partial charge in [-0.15, -0.1) is 0 Å². The highest BCUT2D eigenvalue weighted by molar-refractivity contribution is 7.89. The standard InChI is InChI=1S/C12H15F3N2O3S/c13-12(14,15)11(18)7-17-6-9(21(16,19)20)5-8-3-1-2-4-10(8)17/h1-4,9,11,18H,5-7H2,(H2,16,19,20)/t9-,11-/m1/s1. The van der Waals surface area contributed by atoms with Crippen LogP contribution in [-0.2, 0) is 16.4 Å². The van der Waals surface area contributed by atoms with Crippen LogP contribution in [0, 0.1) is 0 Å². The van der Waals surface area contributed by atoms with Crippen LogP contribution in [0.4, 0.5) is 18.9 Å². The number of nitrogens with zero attached hydrogens (tertiary/aromatic N) is 1. The number of sulfonamides is 1. The van der Waals surface area contributed by atoms with Gasteiger partial charge in [0.25, 0.3) is 0 Å². The second-order valence-electron chi connectivity index (χ2n) is 5.01. The number of halogens is 3. The lowest BCUT2D eigenvalue weighted by atomic mass is 10.0. The predicted molar refractivity (Wildman–Crippen MR) is 71.3 cm³/mol. The molecule has 0 spiro atoms. The molecular weight excluding hydrogens is 309 g/mol. The van der Waals surface area contributed by atoms with Crippen LogP contribution in [0.3, 0.4) is 0 Å². The average molecular weight is 324 g/mol. The van der Waals surface area contributed by atoms with E-state index in [0.717, 1.165) is 0 Å². The van der Waals surface area contributed by atoms with Crippen LogP contribution in [0.2, 0.25) is 0 Å². The number of rotatable bonds is 3. The van der Waals surface area contributed by atoms with Gasteiger partial charge < -0.3 is 10.0 Å². The maximum absolute atomic E-state index is 12.5. The predicted octanol–water partition coefficient (Wildman–Crippen LogP) is 0.629. The molecule has 2 rings (SSSR count). The summed E-state index contributed by atoms with van der Waals surface area (Å²) in [5, 5.41) is 13.3. The summed E-state index contributed by atoms with van der Waals surface area (Å²) < 4.78 is 60.5. The molecule has 0 aromatic heterocycles. The van der Waals surface area contributed by atoms with Gasteiger partial charge in [-0.1, -0.05) is 18.2 Å². The van der Waals surface area contributed by atoms with Crippen molar-refractivity contribution in [2.75, 3.05) is 18.0 Å². The smallest absolute Gasteiger partial charge is 0.382 e. The minimum absolute atomic E-state index is 0.146. The molecule has 21 heavy (non-hydrogen) atoms. The maximum Gasteiger partial charge on any atom is 0.416 e. The minimum atomic E-state index is -4.76. The summed E-state index contributed by atoms with van der Waals surface area (Å²) in [6.07, 6.45) is -7.17. The molecule has 0 saturated carbocycles. The maximum atomic E-state index is 12.5. The molecular formula is C12H15F3N2O3S. The molecule has 9 heteroatoms. The fraction of sp³-hybridized carbons (Fsp3) is 0.500. The third-order valence-electron chi connectivity index (χ3n) is 3.44. The largest absolute Gasteiger partial charge is 0.416 e. The highest BCUT2D eigenvalue weighted by atomic mass is 32.2. The number of hydrogen-bond acceptors (Lipinski definition) is 4. The van der Waals surface area contributed by atoms with Gasteiger partial charge in [0.2, 0.25) is 10.0 Å². The van der Waals surface area contributed by atoms with Crippen molar-refractivity contribution in [1.82, 2.24) is 0 Å². The van der Waals surface area contributed by atoms with Crippen molar-refractivity contribution in [3.63, 3.8) is 0 Å². The van der Waals surface area contributed by atoms with E-state index in [4.69, 9.17) is 5.14 Å². The Kier molecular flexibility index (Phi) is 4.18. The first-order valence-electron chi connectivity index (χ1n) is 6.18. The molecule has 0 fully saturated rings. The van der Waals surface area contributed by atoms with Gasteiger partial charge in [-0.25, -0.2) is 13.6 Å². The molecule has 0 saturated heterocycles. The molecule has 1 aromatic rings. The van der Waals surface area contributed by atoms with Crippen molar-refractivity contribution < 1.29 is 26.7 Å². The molecule has 2 atom stereocenters. The van der Waals surface area contributed by atoms with E-state index < -0.39 is 34.1 Å². The minimum Gasteiger partial charge on any atom is -0.382 e. The summed E-state index contributed by atoms with van der Waals surface area (Å²) in [5.41, 5.74) is 1.08. The number of anilines is 1. The molecule has 1 aliphatic heterocycles. The van der Waals surface area contributed by atoms with E-state index in [2.05, 4.69) is 0 Å². The molecule has 1 aromatic carbocycles. The fourth-order valence-corrected chi connectivity index (χ4v) is 3.15. The Balaban J connectivity index is 2.31. The van der Waals surface area contributed by atoms with E-state index in [1.165, 1.54) is 4.90 Å². The Hall–Kier alpha value is -1.32. The average Bonchev–Trinajstić information content (AvgIpc) is 2.36. The van der Waals surface area contributed by atoms with Crippen molar-refractivity contribution >= 4 is 15.7 Å². The zero-order chi connectivity index (χ0) is 15.8. The lowest BCUT2D eigenvalue weighted by Gasteiger charge is -2.36. The van der Waals surface area contributed by atoms with Crippen LogP contribution in [0.15, 0.2) is 24.3 Å². The molecule has 0 aliphatic carbocycles. The molecule has 0 radical (unpaired) electrons. The summed E-state index contributed by atoms with van der Waals surface area (Å²) in [6.45, 7) is -0.907. The first kappa shape index (κ1) is 16.1. The van der Waals surface area contributed by atoms with Crippen LogP contribution in [0.5, 0.6) is 0 Å². The Morgan fingerprint density at radius 1 is 1.38 bits per heavy atom. The first-order chi connectivity index (χ1) is 9.59. The van der Waals surface area contributed by atoms with Crippen LogP contribution in [0.1, 0.15) is 5.56 Å². The van der Waals surface area contributed by atoms with Crippen LogP contribution < -0.4 is 10.0 Å². The number of benzene rings is 1. The number of para-hydroxylation sites is 1. The molecule has 0 unspecified atom stereocenters. The van der Waals surface area contributed by atoms with Gasteiger partial charge >= 0.3 is 6.18 Å². The Morgan fingerprint density at radius 2 is 2.00 bits per heavy atom. The normalized spacial score (nSPS) is 21.0. The molecule has 3 N–H and O–H groups in total. The van der Waals surface area contributed by atoms with Gasteiger partial charge in [0, 0.05) is 12.2 Å². The monoisotopic (exact) mass is 324 g/mol. The molecule has 5 nitrogen and oxygen atoms in total. The topological polar surface area (TPSA) is 83.6 Å². The number of hydrogen-bond donors (Lipinski definition) is 2. The second kappa shape index (κ2) is 5.47. The number of aliphatic hydroxyl groups excluding tert-OH is 1. The van der Waals surface area contributed by atoms with E-state index in [1.807, 2.05) is 0 Å². The molecule has 0 amide bonds. The third kappa shape index (κ3) is 3.66. The number of alkyl halides is 3. The Morgan fingerprint density at radius 3 is 2.57 bits per heavy atom. The van der Waals surface area contributed by atoms with E-state index in [-0.39, 0.29) is 13.0 Å². The summed E-state index contributed by atoms with van der Waals surface area (Å²) in [4.78, 5) is 1.21. The van der Waals surface area contributed by atoms with E-state index in [1.54, 1.807) is 24.3 Å². The lowest BCUT2D eigenvalue weighted by molar-refractivity contribution is -0.200. The van der Waals surface area contributed by atoms with Crippen molar-refractivity contribution in [3.05, 3.63) is 29.8 Å².